The lowest BCUT2D eigenvalue weighted by atomic mass is 10.2. The van der Waals surface area contributed by atoms with Gasteiger partial charge in [0.05, 0.1) is 32.3 Å². The van der Waals surface area contributed by atoms with E-state index in [1.807, 2.05) is 6.92 Å². The van der Waals surface area contributed by atoms with Gasteiger partial charge >= 0.3 is 5.97 Å². The molecule has 0 saturated heterocycles. The van der Waals surface area contributed by atoms with Crippen LogP contribution in [-0.4, -0.2) is 39.0 Å². The second-order valence-electron chi connectivity index (χ2n) is 2.92. The van der Waals surface area contributed by atoms with Gasteiger partial charge in [0.2, 0.25) is 0 Å². The Morgan fingerprint density at radius 1 is 1.14 bits per heavy atom. The molecule has 0 radical (unpaired) electrons. The summed E-state index contributed by atoms with van der Waals surface area (Å²) in [7, 11) is 0. The molecular formula is C10H20O4. The highest BCUT2D eigenvalue weighted by Crippen LogP contribution is 1.99. The number of carbonyl (C=O) groups excluding carboxylic acids is 1. The molecule has 0 aromatic carbocycles. The van der Waals surface area contributed by atoms with Gasteiger partial charge in [0.25, 0.3) is 0 Å². The molecule has 1 unspecified atom stereocenters. The van der Waals surface area contributed by atoms with Crippen molar-refractivity contribution in [3.8, 4) is 0 Å². The van der Waals surface area contributed by atoms with Gasteiger partial charge in [-0.25, -0.2) is 0 Å². The van der Waals surface area contributed by atoms with Gasteiger partial charge in [-0.1, -0.05) is 0 Å². The topological polar surface area (TPSA) is 44.8 Å². The standard InChI is InChI=1S/C10H20O4/c1-4-12-6-7-13-8-9(3)10(11)14-5-2/h9H,4-8H2,1-3H3. The van der Waals surface area contributed by atoms with Crippen LogP contribution in [0.4, 0.5) is 0 Å². The zero-order valence-corrected chi connectivity index (χ0v) is 9.25. The third kappa shape index (κ3) is 6.86. The fraction of sp³-hybridized carbons (Fsp3) is 0.900. The quantitative estimate of drug-likeness (QED) is 0.441. The van der Waals surface area contributed by atoms with Crippen LogP contribution in [0.5, 0.6) is 0 Å². The van der Waals surface area contributed by atoms with E-state index in [-0.39, 0.29) is 11.9 Å². The summed E-state index contributed by atoms with van der Waals surface area (Å²) in [5, 5.41) is 0. The molecule has 0 aliphatic heterocycles. The van der Waals surface area contributed by atoms with E-state index >= 15 is 0 Å². The molecule has 0 aliphatic carbocycles. The maximum atomic E-state index is 11.1. The average Bonchev–Trinajstić information content (AvgIpc) is 2.17. The number of ether oxygens (including phenoxy) is 3. The Morgan fingerprint density at radius 3 is 2.36 bits per heavy atom. The van der Waals surface area contributed by atoms with Gasteiger partial charge in [-0.2, -0.15) is 0 Å². The van der Waals surface area contributed by atoms with E-state index in [9.17, 15) is 4.79 Å². The largest absolute Gasteiger partial charge is 0.466 e. The van der Waals surface area contributed by atoms with Crippen molar-refractivity contribution < 1.29 is 19.0 Å². The van der Waals surface area contributed by atoms with Gasteiger partial charge in [-0.15, -0.1) is 0 Å². The van der Waals surface area contributed by atoms with Crippen LogP contribution in [-0.2, 0) is 19.0 Å². The van der Waals surface area contributed by atoms with Gasteiger partial charge < -0.3 is 14.2 Å². The minimum Gasteiger partial charge on any atom is -0.466 e. The summed E-state index contributed by atoms with van der Waals surface area (Å²) in [5.74, 6) is -0.402. The third-order valence-corrected chi connectivity index (χ3v) is 1.63. The molecule has 0 spiro atoms. The summed E-state index contributed by atoms with van der Waals surface area (Å²) >= 11 is 0. The Labute approximate surface area is 85.5 Å². The van der Waals surface area contributed by atoms with Crippen molar-refractivity contribution in [2.24, 2.45) is 5.92 Å². The molecule has 0 aromatic rings. The number of rotatable bonds is 8. The first kappa shape index (κ1) is 13.4. The predicted octanol–water partition coefficient (Wildman–Crippen LogP) is 1.24. The second-order valence-corrected chi connectivity index (χ2v) is 2.92. The first-order chi connectivity index (χ1) is 6.72. The fourth-order valence-electron chi connectivity index (χ4n) is 0.875. The van der Waals surface area contributed by atoms with Crippen LogP contribution in [0.2, 0.25) is 0 Å². The molecule has 0 rings (SSSR count). The molecular weight excluding hydrogens is 184 g/mol. The smallest absolute Gasteiger partial charge is 0.310 e. The Bertz CT molecular complexity index is 147. The molecule has 1 atom stereocenters. The van der Waals surface area contributed by atoms with Gasteiger partial charge in [-0.05, 0) is 20.8 Å². The highest BCUT2D eigenvalue weighted by Gasteiger charge is 2.13. The molecule has 0 bridgehead atoms. The number of hydrogen-bond acceptors (Lipinski definition) is 4. The molecule has 0 aliphatic rings. The van der Waals surface area contributed by atoms with Crippen LogP contribution in [0.25, 0.3) is 0 Å². The van der Waals surface area contributed by atoms with E-state index < -0.39 is 0 Å². The van der Waals surface area contributed by atoms with Gasteiger partial charge in [0, 0.05) is 6.61 Å². The molecule has 4 nitrogen and oxygen atoms in total. The Balaban J connectivity index is 3.34. The van der Waals surface area contributed by atoms with Crippen LogP contribution in [0.1, 0.15) is 20.8 Å². The predicted molar refractivity (Wildman–Crippen MR) is 53.1 cm³/mol. The summed E-state index contributed by atoms with van der Waals surface area (Å²) in [5.41, 5.74) is 0. The fourth-order valence-corrected chi connectivity index (χ4v) is 0.875. The van der Waals surface area contributed by atoms with Crippen molar-refractivity contribution in [1.82, 2.24) is 0 Å². The van der Waals surface area contributed by atoms with E-state index in [1.165, 1.54) is 0 Å². The van der Waals surface area contributed by atoms with E-state index in [2.05, 4.69) is 0 Å². The average molecular weight is 204 g/mol. The number of carbonyl (C=O) groups is 1. The maximum absolute atomic E-state index is 11.1. The molecule has 14 heavy (non-hydrogen) atoms. The normalized spacial score (nSPS) is 12.5. The summed E-state index contributed by atoms with van der Waals surface area (Å²) in [6.07, 6.45) is 0. The highest BCUT2D eigenvalue weighted by molar-refractivity contribution is 5.72. The lowest BCUT2D eigenvalue weighted by Crippen LogP contribution is -2.20. The van der Waals surface area contributed by atoms with E-state index in [0.29, 0.717) is 33.0 Å². The van der Waals surface area contributed by atoms with Crippen molar-refractivity contribution in [3.05, 3.63) is 0 Å². The van der Waals surface area contributed by atoms with E-state index in [4.69, 9.17) is 14.2 Å². The minimum absolute atomic E-state index is 0.198. The Hall–Kier alpha value is -0.610. The van der Waals surface area contributed by atoms with Crippen molar-refractivity contribution >= 4 is 5.97 Å². The molecule has 84 valence electrons. The number of esters is 1. The van der Waals surface area contributed by atoms with E-state index in [1.54, 1.807) is 13.8 Å². The van der Waals surface area contributed by atoms with Crippen molar-refractivity contribution in [2.75, 3.05) is 33.0 Å². The van der Waals surface area contributed by atoms with Crippen molar-refractivity contribution in [3.63, 3.8) is 0 Å². The number of hydrogen-bond donors (Lipinski definition) is 0. The zero-order valence-electron chi connectivity index (χ0n) is 9.25. The summed E-state index contributed by atoms with van der Waals surface area (Å²) in [6.45, 7) is 8.12. The highest BCUT2D eigenvalue weighted by atomic mass is 16.5. The zero-order chi connectivity index (χ0) is 10.8. The first-order valence-electron chi connectivity index (χ1n) is 5.04. The monoisotopic (exact) mass is 204 g/mol. The second kappa shape index (κ2) is 8.97. The van der Waals surface area contributed by atoms with Gasteiger partial charge in [0.15, 0.2) is 0 Å². The SMILES string of the molecule is CCOCCOCC(C)C(=O)OCC. The molecule has 0 fully saturated rings. The summed E-state index contributed by atoms with van der Waals surface area (Å²) in [4.78, 5) is 11.1. The van der Waals surface area contributed by atoms with Gasteiger partial charge in [0.1, 0.15) is 0 Å². The lowest BCUT2D eigenvalue weighted by Gasteiger charge is -2.10. The van der Waals surface area contributed by atoms with Crippen molar-refractivity contribution in [1.29, 1.82) is 0 Å². The van der Waals surface area contributed by atoms with Crippen molar-refractivity contribution in [2.45, 2.75) is 20.8 Å². The van der Waals surface area contributed by atoms with Crippen LogP contribution < -0.4 is 0 Å². The maximum Gasteiger partial charge on any atom is 0.310 e. The summed E-state index contributed by atoms with van der Waals surface area (Å²) in [6, 6.07) is 0. The lowest BCUT2D eigenvalue weighted by molar-refractivity contribution is -0.149. The molecule has 0 amide bonds. The molecule has 0 saturated carbocycles. The van der Waals surface area contributed by atoms with Gasteiger partial charge in [-0.3, -0.25) is 4.79 Å². The van der Waals surface area contributed by atoms with E-state index in [0.717, 1.165) is 0 Å². The van der Waals surface area contributed by atoms with Crippen LogP contribution in [0.15, 0.2) is 0 Å². The molecule has 0 heterocycles. The Kier molecular flexibility index (Phi) is 8.57. The molecule has 0 N–H and O–H groups in total. The summed E-state index contributed by atoms with van der Waals surface area (Å²) < 4.78 is 15.2. The molecule has 4 heteroatoms. The first-order valence-corrected chi connectivity index (χ1v) is 5.04. The van der Waals surface area contributed by atoms with Crippen LogP contribution in [0, 0.1) is 5.92 Å². The molecule has 0 aromatic heterocycles. The Morgan fingerprint density at radius 2 is 1.79 bits per heavy atom. The van der Waals surface area contributed by atoms with Crippen LogP contribution in [0.3, 0.4) is 0 Å². The van der Waals surface area contributed by atoms with Crippen LogP contribution >= 0.6 is 0 Å². The third-order valence-electron chi connectivity index (χ3n) is 1.63. The minimum atomic E-state index is -0.205.